The quantitative estimate of drug-likeness (QED) is 0.584. The van der Waals surface area contributed by atoms with Gasteiger partial charge in [-0.3, -0.25) is 0 Å². The molecule has 0 spiro atoms. The molecular formula is C22H24ClN5O2S. The molecule has 0 radical (unpaired) electrons. The number of anilines is 1. The Hall–Kier alpha value is -2.71. The maximum absolute atomic E-state index is 11.9. The highest BCUT2D eigenvalue weighted by molar-refractivity contribution is 7.15. The van der Waals surface area contributed by atoms with E-state index in [9.17, 15) is 4.79 Å². The molecule has 0 unspecified atom stereocenters. The number of rotatable bonds is 5. The van der Waals surface area contributed by atoms with Crippen LogP contribution >= 0.6 is 22.9 Å². The lowest BCUT2D eigenvalue weighted by molar-refractivity contribution is 0.0918. The molecule has 3 aromatic rings. The molecule has 1 aliphatic rings. The zero-order valence-electron chi connectivity index (χ0n) is 17.3. The number of piperidine rings is 1. The van der Waals surface area contributed by atoms with Gasteiger partial charge in [0.1, 0.15) is 0 Å². The van der Waals surface area contributed by atoms with Crippen molar-refractivity contribution in [1.29, 1.82) is 0 Å². The molecule has 4 rings (SSSR count). The summed E-state index contributed by atoms with van der Waals surface area (Å²) in [6.07, 6.45) is 4.41. The maximum Gasteiger partial charge on any atom is 0.409 e. The molecular weight excluding hydrogens is 434 g/mol. The maximum atomic E-state index is 11.9. The van der Waals surface area contributed by atoms with Crippen LogP contribution in [0.1, 0.15) is 24.8 Å². The number of halogens is 1. The minimum atomic E-state index is -0.215. The van der Waals surface area contributed by atoms with Crippen LogP contribution in [0.3, 0.4) is 0 Å². The zero-order valence-corrected chi connectivity index (χ0v) is 18.8. The second-order valence-electron chi connectivity index (χ2n) is 7.43. The molecule has 0 atom stereocenters. The van der Waals surface area contributed by atoms with Gasteiger partial charge in [0.15, 0.2) is 0 Å². The number of likely N-dealkylation sites (tertiary alicyclic amines) is 1. The van der Waals surface area contributed by atoms with Crippen LogP contribution in [0.15, 0.2) is 36.5 Å². The van der Waals surface area contributed by atoms with E-state index >= 15 is 0 Å². The summed E-state index contributed by atoms with van der Waals surface area (Å²) in [5.41, 5.74) is 8.22. The number of amides is 1. The van der Waals surface area contributed by atoms with Crippen molar-refractivity contribution in [2.45, 2.75) is 26.2 Å². The Morgan fingerprint density at radius 3 is 2.74 bits per heavy atom. The Morgan fingerprint density at radius 1 is 1.26 bits per heavy atom. The summed E-state index contributed by atoms with van der Waals surface area (Å²) in [4.78, 5) is 28.0. The smallest absolute Gasteiger partial charge is 0.409 e. The van der Waals surface area contributed by atoms with Gasteiger partial charge in [-0.15, -0.1) is 11.3 Å². The zero-order chi connectivity index (χ0) is 21.8. The molecule has 3 heterocycles. The third-order valence-electron chi connectivity index (χ3n) is 5.30. The van der Waals surface area contributed by atoms with Gasteiger partial charge in [-0.2, -0.15) is 0 Å². The molecule has 1 amide bonds. The lowest BCUT2D eigenvalue weighted by atomic mass is 9.94. The number of ether oxygens (including phenoxy) is 1. The monoisotopic (exact) mass is 457 g/mol. The lowest BCUT2D eigenvalue weighted by Gasteiger charge is -2.30. The number of benzene rings is 1. The summed E-state index contributed by atoms with van der Waals surface area (Å²) in [5.74, 6) is 0.701. The molecule has 162 valence electrons. The number of nitrogens with two attached hydrogens (primary N) is 1. The van der Waals surface area contributed by atoms with Crippen LogP contribution in [-0.4, -0.2) is 45.6 Å². The predicted molar refractivity (Wildman–Crippen MR) is 123 cm³/mol. The van der Waals surface area contributed by atoms with E-state index in [-0.39, 0.29) is 12.0 Å². The number of nitrogen functional groups attached to an aromatic ring is 1. The second-order valence-corrected chi connectivity index (χ2v) is 8.95. The Morgan fingerprint density at radius 2 is 2.00 bits per heavy atom. The van der Waals surface area contributed by atoms with E-state index in [1.807, 2.05) is 43.5 Å². The van der Waals surface area contributed by atoms with Gasteiger partial charge in [0.25, 0.3) is 0 Å². The first-order valence-electron chi connectivity index (χ1n) is 10.3. The van der Waals surface area contributed by atoms with Crippen molar-refractivity contribution < 1.29 is 9.53 Å². The number of aromatic nitrogens is 3. The van der Waals surface area contributed by atoms with Crippen LogP contribution in [0.5, 0.6) is 0 Å². The van der Waals surface area contributed by atoms with Crippen molar-refractivity contribution in [2.75, 3.05) is 25.4 Å². The molecule has 2 N–H and O–H groups in total. The SMILES string of the molecule is CCOC(=O)N1CCC(Cc2ncc(-c3cc(-c4ccccc4Cl)nc(N)n3)s2)CC1. The van der Waals surface area contributed by atoms with Crippen molar-refractivity contribution >= 4 is 35.0 Å². The number of thiazole rings is 1. The van der Waals surface area contributed by atoms with Gasteiger partial charge in [-0.05, 0) is 37.8 Å². The van der Waals surface area contributed by atoms with Gasteiger partial charge in [0.05, 0.1) is 27.9 Å². The van der Waals surface area contributed by atoms with Crippen LogP contribution in [0, 0.1) is 5.92 Å². The predicted octanol–water partition coefficient (Wildman–Crippen LogP) is 4.91. The fourth-order valence-electron chi connectivity index (χ4n) is 3.70. The van der Waals surface area contributed by atoms with E-state index in [0.29, 0.717) is 23.2 Å². The van der Waals surface area contributed by atoms with Crippen LogP contribution in [0.4, 0.5) is 10.7 Å². The van der Waals surface area contributed by atoms with Crippen molar-refractivity contribution in [1.82, 2.24) is 19.9 Å². The van der Waals surface area contributed by atoms with Gasteiger partial charge < -0.3 is 15.4 Å². The van der Waals surface area contributed by atoms with E-state index in [4.69, 9.17) is 22.1 Å². The number of nitrogens with zero attached hydrogens (tertiary/aromatic N) is 4. The number of hydrogen-bond donors (Lipinski definition) is 1. The van der Waals surface area contributed by atoms with Crippen LogP contribution < -0.4 is 5.73 Å². The first-order valence-corrected chi connectivity index (χ1v) is 11.5. The number of carbonyl (C=O) groups is 1. The molecule has 31 heavy (non-hydrogen) atoms. The minimum absolute atomic E-state index is 0.203. The molecule has 0 aliphatic carbocycles. The standard InChI is InChI=1S/C22H24ClN5O2S/c1-2-30-22(29)28-9-7-14(8-10-28)11-20-25-13-19(31-20)18-12-17(26-21(24)27-18)15-5-3-4-6-16(15)23/h3-6,12-14H,2,7-11H2,1H3,(H2,24,26,27). The molecule has 7 nitrogen and oxygen atoms in total. The summed E-state index contributed by atoms with van der Waals surface area (Å²) >= 11 is 7.94. The first-order chi connectivity index (χ1) is 15.0. The number of hydrogen-bond acceptors (Lipinski definition) is 7. The van der Waals surface area contributed by atoms with Crippen molar-refractivity contribution in [3.8, 4) is 21.8 Å². The highest BCUT2D eigenvalue weighted by Crippen LogP contribution is 2.33. The fourth-order valence-corrected chi connectivity index (χ4v) is 4.93. The molecule has 9 heteroatoms. The molecule has 1 aliphatic heterocycles. The molecule has 0 saturated carbocycles. The minimum Gasteiger partial charge on any atom is -0.450 e. The third-order valence-corrected chi connectivity index (χ3v) is 6.67. The van der Waals surface area contributed by atoms with Gasteiger partial charge >= 0.3 is 6.09 Å². The highest BCUT2D eigenvalue weighted by atomic mass is 35.5. The number of carbonyl (C=O) groups excluding carboxylic acids is 1. The first kappa shape index (κ1) is 21.5. The van der Waals surface area contributed by atoms with E-state index in [2.05, 4.69) is 15.0 Å². The molecule has 1 aromatic carbocycles. The normalized spacial score (nSPS) is 14.6. The summed E-state index contributed by atoms with van der Waals surface area (Å²) < 4.78 is 5.09. The van der Waals surface area contributed by atoms with Crippen molar-refractivity contribution in [3.63, 3.8) is 0 Å². The van der Waals surface area contributed by atoms with Crippen LogP contribution in [0.2, 0.25) is 5.02 Å². The molecule has 2 aromatic heterocycles. The topological polar surface area (TPSA) is 94.2 Å². The molecule has 1 fully saturated rings. The Labute approximate surface area is 190 Å². The van der Waals surface area contributed by atoms with Gasteiger partial charge in [0, 0.05) is 36.3 Å². The van der Waals surface area contributed by atoms with Gasteiger partial charge in [0.2, 0.25) is 5.95 Å². The van der Waals surface area contributed by atoms with Crippen molar-refractivity contribution in [3.05, 3.63) is 46.6 Å². The van der Waals surface area contributed by atoms with Crippen molar-refractivity contribution in [2.24, 2.45) is 5.92 Å². The van der Waals surface area contributed by atoms with E-state index in [1.54, 1.807) is 16.2 Å². The Kier molecular flexibility index (Phi) is 6.67. The van der Waals surface area contributed by atoms with E-state index < -0.39 is 0 Å². The summed E-state index contributed by atoms with van der Waals surface area (Å²) in [7, 11) is 0. The summed E-state index contributed by atoms with van der Waals surface area (Å²) in [6.45, 7) is 3.69. The largest absolute Gasteiger partial charge is 0.450 e. The molecule has 0 bridgehead atoms. The average Bonchev–Trinajstić information content (AvgIpc) is 3.23. The van der Waals surface area contributed by atoms with Crippen LogP contribution in [-0.2, 0) is 11.2 Å². The Balaban J connectivity index is 1.45. The van der Waals surface area contributed by atoms with Gasteiger partial charge in [-0.25, -0.2) is 19.7 Å². The Bertz CT molecular complexity index is 1070. The van der Waals surface area contributed by atoms with E-state index in [1.165, 1.54) is 0 Å². The highest BCUT2D eigenvalue weighted by Gasteiger charge is 2.24. The van der Waals surface area contributed by atoms with Gasteiger partial charge in [-0.1, -0.05) is 29.8 Å². The third kappa shape index (κ3) is 5.14. The second kappa shape index (κ2) is 9.62. The molecule has 1 saturated heterocycles. The van der Waals surface area contributed by atoms with E-state index in [0.717, 1.165) is 53.5 Å². The summed E-state index contributed by atoms with van der Waals surface area (Å²) in [5, 5.41) is 1.67. The summed E-state index contributed by atoms with van der Waals surface area (Å²) in [6, 6.07) is 9.43. The lowest BCUT2D eigenvalue weighted by Crippen LogP contribution is -2.39. The average molecular weight is 458 g/mol. The fraction of sp³-hybridized carbons (Fsp3) is 0.364. The van der Waals surface area contributed by atoms with Crippen LogP contribution in [0.25, 0.3) is 21.8 Å².